The molecule has 0 unspecified atom stereocenters. The summed E-state index contributed by atoms with van der Waals surface area (Å²) in [7, 11) is 0. The third-order valence-electron chi connectivity index (χ3n) is 0.718. The topological polar surface area (TPSA) is 0 Å². The van der Waals surface area contributed by atoms with Crippen molar-refractivity contribution in [1.82, 2.24) is 0 Å². The van der Waals surface area contributed by atoms with Crippen LogP contribution in [0.5, 0.6) is 0 Å². The van der Waals surface area contributed by atoms with E-state index in [0.717, 1.165) is 18.2 Å². The molecule has 0 amide bonds. The summed E-state index contributed by atoms with van der Waals surface area (Å²) in [5, 5.41) is 0. The molecule has 0 nitrogen and oxygen atoms in total. The first-order valence-electron chi connectivity index (χ1n) is 2.11. The van der Waals surface area contributed by atoms with E-state index in [1.54, 1.807) is 0 Å². The summed E-state index contributed by atoms with van der Waals surface area (Å²) < 4.78 is 23.8. The molecule has 0 radical (unpaired) electrons. The van der Waals surface area contributed by atoms with Crippen LogP contribution in [-0.2, 0) is 19.5 Å². The van der Waals surface area contributed by atoms with Gasteiger partial charge in [0.1, 0.15) is 0 Å². The van der Waals surface area contributed by atoms with Gasteiger partial charge in [0.25, 0.3) is 0 Å². The van der Waals surface area contributed by atoms with Gasteiger partial charge in [-0.2, -0.15) is 6.07 Å². The molecular weight excluding hydrogens is 255 g/mol. The second-order valence-electron chi connectivity index (χ2n) is 1.37. The SMILES string of the molecule is Br.Fc1c[c-]cc(F)c1.[Zn]. The largest absolute Gasteiger partial charge is 0.284 e. The quantitative estimate of drug-likeness (QED) is 0.495. The third kappa shape index (κ3) is 4.07. The standard InChI is InChI=1S/C6H3F2.BrH.Zn/c7-5-2-1-3-6(8)4-5;;/h2-4H;1H;/q-1;;. The Bertz CT molecular complexity index is 176. The van der Waals surface area contributed by atoms with Gasteiger partial charge < -0.3 is 0 Å². The van der Waals surface area contributed by atoms with Crippen LogP contribution in [0.2, 0.25) is 0 Å². The molecule has 52 valence electrons. The van der Waals surface area contributed by atoms with Gasteiger partial charge in [0.15, 0.2) is 0 Å². The Kier molecular flexibility index (Phi) is 7.61. The Hall–Kier alpha value is 0.183. The van der Waals surface area contributed by atoms with Crippen molar-refractivity contribution in [2.45, 2.75) is 0 Å². The summed E-state index contributed by atoms with van der Waals surface area (Å²) in [6.45, 7) is 0. The molecule has 0 saturated heterocycles. The van der Waals surface area contributed by atoms with Crippen LogP contribution in [0.3, 0.4) is 0 Å². The molecule has 0 aliphatic heterocycles. The first-order valence-corrected chi connectivity index (χ1v) is 2.11. The molecule has 4 heteroatoms. The zero-order valence-corrected chi connectivity index (χ0v) is 9.78. The van der Waals surface area contributed by atoms with Crippen LogP contribution in [0.1, 0.15) is 0 Å². The monoisotopic (exact) mass is 257 g/mol. The molecule has 0 N–H and O–H groups in total. The van der Waals surface area contributed by atoms with Crippen molar-refractivity contribution in [3.05, 3.63) is 35.9 Å². The predicted molar refractivity (Wildman–Crippen MR) is 35.5 cm³/mol. The van der Waals surface area contributed by atoms with Crippen molar-refractivity contribution in [2.75, 3.05) is 0 Å². The third-order valence-corrected chi connectivity index (χ3v) is 0.718. The van der Waals surface area contributed by atoms with E-state index in [4.69, 9.17) is 0 Å². The molecule has 10 heavy (non-hydrogen) atoms. The number of benzene rings is 1. The van der Waals surface area contributed by atoms with E-state index >= 15 is 0 Å². The van der Waals surface area contributed by atoms with Gasteiger partial charge in [-0.05, 0) is 0 Å². The molecule has 0 saturated carbocycles. The average molecular weight is 259 g/mol. The summed E-state index contributed by atoms with van der Waals surface area (Å²) in [4.78, 5) is 0. The molecule has 0 aliphatic carbocycles. The number of halogens is 3. The number of rotatable bonds is 0. The molecule has 0 heterocycles. The Balaban J connectivity index is 0. The zero-order chi connectivity index (χ0) is 5.98. The molecule has 0 bridgehead atoms. The van der Waals surface area contributed by atoms with Crippen molar-refractivity contribution in [1.29, 1.82) is 0 Å². The van der Waals surface area contributed by atoms with Crippen LogP contribution in [0.15, 0.2) is 18.2 Å². The van der Waals surface area contributed by atoms with E-state index < -0.39 is 11.6 Å². The van der Waals surface area contributed by atoms with Gasteiger partial charge in [-0.1, -0.05) is 0 Å². The van der Waals surface area contributed by atoms with Gasteiger partial charge in [0.2, 0.25) is 0 Å². The van der Waals surface area contributed by atoms with Crippen LogP contribution in [-0.4, -0.2) is 0 Å². The minimum atomic E-state index is -0.593. The summed E-state index contributed by atoms with van der Waals surface area (Å²) in [5.41, 5.74) is 0. The van der Waals surface area contributed by atoms with Crippen molar-refractivity contribution in [3.63, 3.8) is 0 Å². The van der Waals surface area contributed by atoms with Crippen molar-refractivity contribution >= 4 is 17.0 Å². The maximum Gasteiger partial charge on any atom is 0.0114 e. The minimum Gasteiger partial charge on any atom is -0.284 e. The minimum absolute atomic E-state index is 0. The van der Waals surface area contributed by atoms with Crippen LogP contribution in [0, 0.1) is 17.7 Å². The molecular formula is C6H4BrF2Zn-. The molecule has 1 aromatic rings. The second-order valence-corrected chi connectivity index (χ2v) is 1.37. The van der Waals surface area contributed by atoms with Gasteiger partial charge in [0.05, 0.1) is 0 Å². The van der Waals surface area contributed by atoms with E-state index in [1.807, 2.05) is 0 Å². The van der Waals surface area contributed by atoms with Gasteiger partial charge >= 0.3 is 0 Å². The van der Waals surface area contributed by atoms with Gasteiger partial charge in [-0.15, -0.1) is 35.2 Å². The molecule has 0 spiro atoms. The van der Waals surface area contributed by atoms with E-state index in [0.29, 0.717) is 0 Å². The smallest absolute Gasteiger partial charge is 0.0114 e. The fraction of sp³-hybridized carbons (Fsp3) is 0. The zero-order valence-electron chi connectivity index (χ0n) is 5.10. The molecule has 0 aromatic heterocycles. The van der Waals surface area contributed by atoms with Gasteiger partial charge in [-0.25, -0.2) is 0 Å². The first-order chi connectivity index (χ1) is 3.79. The predicted octanol–water partition coefficient (Wildman–Crippen LogP) is 2.34. The fourth-order valence-corrected chi connectivity index (χ4v) is 0.416. The molecule has 0 fully saturated rings. The van der Waals surface area contributed by atoms with E-state index in [-0.39, 0.29) is 36.5 Å². The normalized spacial score (nSPS) is 7.40. The fourth-order valence-electron chi connectivity index (χ4n) is 0.416. The molecule has 0 aliphatic rings. The van der Waals surface area contributed by atoms with Crippen molar-refractivity contribution in [2.24, 2.45) is 0 Å². The van der Waals surface area contributed by atoms with Crippen LogP contribution < -0.4 is 0 Å². The Morgan fingerprint density at radius 2 is 1.50 bits per heavy atom. The number of hydrogen-bond donors (Lipinski definition) is 0. The summed E-state index contributed by atoms with van der Waals surface area (Å²) in [5.74, 6) is -1.19. The van der Waals surface area contributed by atoms with Crippen molar-refractivity contribution < 1.29 is 28.3 Å². The second kappa shape index (κ2) is 5.93. The van der Waals surface area contributed by atoms with Crippen molar-refractivity contribution in [3.8, 4) is 0 Å². The Labute approximate surface area is 81.2 Å². The Morgan fingerprint density at radius 1 is 1.10 bits per heavy atom. The van der Waals surface area contributed by atoms with Crippen LogP contribution in [0.4, 0.5) is 8.78 Å². The Morgan fingerprint density at radius 3 is 1.70 bits per heavy atom. The summed E-state index contributed by atoms with van der Waals surface area (Å²) in [6.07, 6.45) is 0. The average Bonchev–Trinajstić information content (AvgIpc) is 1.64. The molecule has 0 atom stereocenters. The van der Waals surface area contributed by atoms with E-state index in [1.165, 1.54) is 0 Å². The van der Waals surface area contributed by atoms with Crippen LogP contribution >= 0.6 is 17.0 Å². The van der Waals surface area contributed by atoms with Gasteiger partial charge in [-0.3, -0.25) is 8.78 Å². The number of hydrogen-bond acceptors (Lipinski definition) is 0. The van der Waals surface area contributed by atoms with Crippen LogP contribution in [0.25, 0.3) is 0 Å². The molecule has 1 aromatic carbocycles. The first kappa shape index (κ1) is 12.8. The maximum absolute atomic E-state index is 11.9. The van der Waals surface area contributed by atoms with Gasteiger partial charge in [0, 0.05) is 31.1 Å². The molecule has 1 rings (SSSR count). The maximum atomic E-state index is 11.9. The van der Waals surface area contributed by atoms with E-state index in [9.17, 15) is 8.78 Å². The van der Waals surface area contributed by atoms with E-state index in [2.05, 4.69) is 6.07 Å². The summed E-state index contributed by atoms with van der Waals surface area (Å²) in [6, 6.07) is 5.23. The summed E-state index contributed by atoms with van der Waals surface area (Å²) >= 11 is 0.